The minimum absolute atomic E-state index is 0.00197. The van der Waals surface area contributed by atoms with Gasteiger partial charge >= 0.3 is 6.18 Å². The maximum atomic E-state index is 11.8. The molecule has 0 aromatic carbocycles. The molecule has 0 aliphatic carbocycles. The molecule has 100 valence electrons. The molecule has 3 nitrogen and oxygen atoms in total. The van der Waals surface area contributed by atoms with Crippen LogP contribution in [0.15, 0.2) is 0 Å². The Bertz CT molecular complexity index is 373. The number of carbonyl (C=O) groups is 1. The molecule has 1 aliphatic rings. The molecule has 1 saturated heterocycles. The topological polar surface area (TPSA) is 51.2 Å². The summed E-state index contributed by atoms with van der Waals surface area (Å²) in [6.45, 7) is 0. The SMILES string of the molecule is O=C(CCCC(F)(F)F)CC1CCS(=O)(=O)C1. The van der Waals surface area contributed by atoms with E-state index in [2.05, 4.69) is 0 Å². The van der Waals surface area contributed by atoms with E-state index in [1.54, 1.807) is 0 Å². The van der Waals surface area contributed by atoms with E-state index >= 15 is 0 Å². The quantitative estimate of drug-likeness (QED) is 0.770. The highest BCUT2D eigenvalue weighted by Crippen LogP contribution is 2.25. The number of halogens is 3. The monoisotopic (exact) mass is 272 g/mol. The molecular weight excluding hydrogens is 257 g/mol. The Morgan fingerprint density at radius 3 is 2.41 bits per heavy atom. The van der Waals surface area contributed by atoms with Crippen molar-refractivity contribution < 1.29 is 26.4 Å². The van der Waals surface area contributed by atoms with Crippen molar-refractivity contribution in [3.8, 4) is 0 Å². The van der Waals surface area contributed by atoms with Gasteiger partial charge < -0.3 is 0 Å². The predicted octanol–water partition coefficient (Wildman–Crippen LogP) is 2.11. The van der Waals surface area contributed by atoms with Crippen molar-refractivity contribution >= 4 is 15.6 Å². The first kappa shape index (κ1) is 14.5. The molecule has 1 fully saturated rings. The maximum Gasteiger partial charge on any atom is 0.389 e. The van der Waals surface area contributed by atoms with E-state index < -0.39 is 22.4 Å². The second-order valence-corrected chi connectivity index (χ2v) is 6.71. The van der Waals surface area contributed by atoms with Crippen LogP contribution in [0.1, 0.15) is 32.1 Å². The number of hydrogen-bond donors (Lipinski definition) is 0. The van der Waals surface area contributed by atoms with Crippen molar-refractivity contribution in [3.05, 3.63) is 0 Å². The van der Waals surface area contributed by atoms with Crippen LogP contribution in [-0.4, -0.2) is 31.9 Å². The maximum absolute atomic E-state index is 11.8. The average molecular weight is 272 g/mol. The van der Waals surface area contributed by atoms with Crippen molar-refractivity contribution in [1.82, 2.24) is 0 Å². The fourth-order valence-corrected chi connectivity index (χ4v) is 3.80. The highest BCUT2D eigenvalue weighted by molar-refractivity contribution is 7.91. The van der Waals surface area contributed by atoms with Gasteiger partial charge in [-0.25, -0.2) is 8.42 Å². The number of Topliss-reactive ketones (excluding diaryl/α,β-unsaturated/α-hetero) is 1. The van der Waals surface area contributed by atoms with Crippen LogP contribution in [-0.2, 0) is 14.6 Å². The Labute approximate surface area is 98.3 Å². The predicted molar refractivity (Wildman–Crippen MR) is 56.3 cm³/mol. The molecule has 0 bridgehead atoms. The van der Waals surface area contributed by atoms with E-state index in [0.717, 1.165) is 0 Å². The van der Waals surface area contributed by atoms with E-state index in [-0.39, 0.29) is 42.5 Å². The molecule has 7 heteroatoms. The van der Waals surface area contributed by atoms with E-state index in [1.807, 2.05) is 0 Å². The van der Waals surface area contributed by atoms with Crippen LogP contribution < -0.4 is 0 Å². The fraction of sp³-hybridized carbons (Fsp3) is 0.900. The average Bonchev–Trinajstić information content (AvgIpc) is 2.42. The van der Waals surface area contributed by atoms with Crippen molar-refractivity contribution in [3.63, 3.8) is 0 Å². The third-order valence-electron chi connectivity index (χ3n) is 2.76. The summed E-state index contributed by atoms with van der Waals surface area (Å²) in [4.78, 5) is 11.3. The van der Waals surface area contributed by atoms with E-state index in [4.69, 9.17) is 0 Å². The van der Waals surface area contributed by atoms with Gasteiger partial charge in [0, 0.05) is 19.3 Å². The van der Waals surface area contributed by atoms with Crippen molar-refractivity contribution in [1.29, 1.82) is 0 Å². The van der Waals surface area contributed by atoms with Crippen LogP contribution >= 0.6 is 0 Å². The molecule has 1 heterocycles. The Kier molecular flexibility index (Phi) is 4.57. The summed E-state index contributed by atoms with van der Waals surface area (Å²) in [5.41, 5.74) is 0. The molecule has 0 aromatic heterocycles. The van der Waals surface area contributed by atoms with Crippen molar-refractivity contribution in [2.45, 2.75) is 38.3 Å². The van der Waals surface area contributed by atoms with Gasteiger partial charge in [0.25, 0.3) is 0 Å². The molecule has 0 aromatic rings. The molecular formula is C10H15F3O3S. The second-order valence-electron chi connectivity index (χ2n) is 4.48. The van der Waals surface area contributed by atoms with Crippen LogP contribution in [0.25, 0.3) is 0 Å². The van der Waals surface area contributed by atoms with Gasteiger partial charge in [-0.3, -0.25) is 4.79 Å². The Balaban J connectivity index is 2.22. The molecule has 0 radical (unpaired) electrons. The Hall–Kier alpha value is -0.590. The van der Waals surface area contributed by atoms with Crippen LogP contribution in [0, 0.1) is 5.92 Å². The number of hydrogen-bond acceptors (Lipinski definition) is 3. The summed E-state index contributed by atoms with van der Waals surface area (Å²) < 4.78 is 57.7. The third-order valence-corrected chi connectivity index (χ3v) is 4.60. The first-order valence-electron chi connectivity index (χ1n) is 5.47. The fourth-order valence-electron chi connectivity index (χ4n) is 1.94. The normalized spacial score (nSPS) is 23.8. The van der Waals surface area contributed by atoms with Gasteiger partial charge in [0.05, 0.1) is 11.5 Å². The zero-order valence-corrected chi connectivity index (χ0v) is 10.1. The van der Waals surface area contributed by atoms with E-state index in [9.17, 15) is 26.4 Å². The largest absolute Gasteiger partial charge is 0.389 e. The highest BCUT2D eigenvalue weighted by atomic mass is 32.2. The first-order valence-corrected chi connectivity index (χ1v) is 7.29. The van der Waals surface area contributed by atoms with Gasteiger partial charge in [0.1, 0.15) is 5.78 Å². The molecule has 1 unspecified atom stereocenters. The Morgan fingerprint density at radius 1 is 1.29 bits per heavy atom. The summed E-state index contributed by atoms with van der Waals surface area (Å²) in [5, 5.41) is 0. The van der Waals surface area contributed by atoms with Gasteiger partial charge in [-0.15, -0.1) is 0 Å². The zero-order valence-electron chi connectivity index (χ0n) is 9.29. The lowest BCUT2D eigenvalue weighted by molar-refractivity contribution is -0.137. The molecule has 1 atom stereocenters. The van der Waals surface area contributed by atoms with E-state index in [0.29, 0.717) is 6.42 Å². The van der Waals surface area contributed by atoms with Crippen LogP contribution in [0.2, 0.25) is 0 Å². The molecule has 17 heavy (non-hydrogen) atoms. The number of rotatable bonds is 5. The third kappa shape index (κ3) is 6.05. The van der Waals surface area contributed by atoms with Gasteiger partial charge in [-0.2, -0.15) is 13.2 Å². The Morgan fingerprint density at radius 2 is 1.94 bits per heavy atom. The van der Waals surface area contributed by atoms with Gasteiger partial charge in [0.2, 0.25) is 0 Å². The molecule has 0 amide bonds. The summed E-state index contributed by atoms with van der Waals surface area (Å²) in [6.07, 6.45) is -4.96. The summed E-state index contributed by atoms with van der Waals surface area (Å²) in [7, 11) is -3.02. The lowest BCUT2D eigenvalue weighted by atomic mass is 9.99. The number of sulfone groups is 1. The number of alkyl halides is 3. The first-order chi connectivity index (χ1) is 7.68. The van der Waals surface area contributed by atoms with Crippen LogP contribution in [0.4, 0.5) is 13.2 Å². The van der Waals surface area contributed by atoms with Gasteiger partial charge in [0.15, 0.2) is 9.84 Å². The second kappa shape index (κ2) is 5.37. The highest BCUT2D eigenvalue weighted by Gasteiger charge is 2.30. The smallest absolute Gasteiger partial charge is 0.300 e. The van der Waals surface area contributed by atoms with Crippen molar-refractivity contribution in [2.24, 2.45) is 5.92 Å². The zero-order chi connectivity index (χ0) is 13.1. The van der Waals surface area contributed by atoms with Crippen LogP contribution in [0.3, 0.4) is 0 Å². The van der Waals surface area contributed by atoms with Crippen LogP contribution in [0.5, 0.6) is 0 Å². The number of carbonyl (C=O) groups excluding carboxylic acids is 1. The minimum Gasteiger partial charge on any atom is -0.300 e. The molecule has 1 aliphatic heterocycles. The lowest BCUT2D eigenvalue weighted by Crippen LogP contribution is -2.12. The summed E-state index contributed by atoms with van der Waals surface area (Å²) >= 11 is 0. The van der Waals surface area contributed by atoms with Crippen molar-refractivity contribution in [2.75, 3.05) is 11.5 Å². The van der Waals surface area contributed by atoms with Gasteiger partial charge in [-0.05, 0) is 18.8 Å². The minimum atomic E-state index is -4.23. The molecule has 0 spiro atoms. The lowest BCUT2D eigenvalue weighted by Gasteiger charge is -2.07. The van der Waals surface area contributed by atoms with E-state index in [1.165, 1.54) is 0 Å². The summed E-state index contributed by atoms with van der Waals surface area (Å²) in [5.74, 6) is -0.374. The standard InChI is InChI=1S/C10H15F3O3S/c11-10(12,13)4-1-2-9(14)6-8-3-5-17(15,16)7-8/h8H,1-7H2. The number of ketones is 1. The molecule has 0 saturated carbocycles. The summed E-state index contributed by atoms with van der Waals surface area (Å²) in [6, 6.07) is 0. The molecule has 0 N–H and O–H groups in total. The van der Waals surface area contributed by atoms with Gasteiger partial charge in [-0.1, -0.05) is 0 Å². The molecule has 1 rings (SSSR count).